The van der Waals surface area contributed by atoms with Gasteiger partial charge in [0.25, 0.3) is 0 Å². The number of nitrogens with zero attached hydrogens (tertiary/aromatic N) is 4. The number of likely N-dealkylation sites (N-methyl/N-ethyl adjacent to an activating group) is 1. The predicted molar refractivity (Wildman–Crippen MR) is 114 cm³/mol. The van der Waals surface area contributed by atoms with Crippen LogP contribution in [0.5, 0.6) is 0 Å². The maximum atomic E-state index is 11.5. The van der Waals surface area contributed by atoms with Crippen LogP contribution in [-0.4, -0.2) is 65.2 Å². The van der Waals surface area contributed by atoms with Gasteiger partial charge in [-0.1, -0.05) is 12.8 Å². The molecule has 3 N–H and O–H groups in total. The average Bonchev–Trinajstić information content (AvgIpc) is 3.22. The van der Waals surface area contributed by atoms with Crippen molar-refractivity contribution in [1.29, 1.82) is 0 Å². The molecule has 154 valence electrons. The van der Waals surface area contributed by atoms with Gasteiger partial charge >= 0.3 is 5.97 Å². The summed E-state index contributed by atoms with van der Waals surface area (Å²) in [5, 5.41) is 15.9. The van der Waals surface area contributed by atoms with E-state index in [2.05, 4.69) is 49.6 Å². The number of hydrogen-bond donors (Lipinski definition) is 3. The van der Waals surface area contributed by atoms with Crippen molar-refractivity contribution in [1.82, 2.24) is 14.9 Å². The first kappa shape index (κ1) is 19.4. The summed E-state index contributed by atoms with van der Waals surface area (Å²) in [5.41, 5.74) is 2.18. The quantitative estimate of drug-likeness (QED) is 0.686. The van der Waals surface area contributed by atoms with Gasteiger partial charge in [0.05, 0.1) is 0 Å². The lowest BCUT2D eigenvalue weighted by Gasteiger charge is -2.34. The Balaban J connectivity index is 1.46. The van der Waals surface area contributed by atoms with Crippen LogP contribution in [0.4, 0.5) is 23.1 Å². The molecule has 8 heteroatoms. The lowest BCUT2D eigenvalue weighted by molar-refractivity contribution is 0.0697. The van der Waals surface area contributed by atoms with E-state index in [4.69, 9.17) is 0 Å². The monoisotopic (exact) mass is 396 g/mol. The van der Waals surface area contributed by atoms with Crippen LogP contribution in [0.3, 0.4) is 0 Å². The molecule has 1 aromatic heterocycles. The standard InChI is InChI=1S/C21H28N6O2/c1-26-10-12-27(13-11-26)17-8-6-16(7-9-17)24-21-22-14-18(20(28)29)19(25-21)23-15-4-2-3-5-15/h6-9,14-15H,2-5,10-13H2,1H3,(H,28,29)(H2,22,23,24,25). The van der Waals surface area contributed by atoms with Crippen molar-refractivity contribution in [3.05, 3.63) is 36.0 Å². The van der Waals surface area contributed by atoms with Crippen LogP contribution in [-0.2, 0) is 0 Å². The minimum absolute atomic E-state index is 0.105. The first-order valence-electron chi connectivity index (χ1n) is 10.3. The lowest BCUT2D eigenvalue weighted by atomic mass is 10.2. The maximum Gasteiger partial charge on any atom is 0.341 e. The highest BCUT2D eigenvalue weighted by molar-refractivity contribution is 5.93. The molecule has 0 bridgehead atoms. The highest BCUT2D eigenvalue weighted by atomic mass is 16.4. The maximum absolute atomic E-state index is 11.5. The van der Waals surface area contributed by atoms with E-state index < -0.39 is 5.97 Å². The van der Waals surface area contributed by atoms with E-state index >= 15 is 0 Å². The molecule has 4 rings (SSSR count). The van der Waals surface area contributed by atoms with E-state index in [9.17, 15) is 9.90 Å². The van der Waals surface area contributed by atoms with Crippen molar-refractivity contribution in [3.8, 4) is 0 Å². The second-order valence-electron chi connectivity index (χ2n) is 7.85. The van der Waals surface area contributed by atoms with Gasteiger partial charge in [0, 0.05) is 49.8 Å². The van der Waals surface area contributed by atoms with Crippen molar-refractivity contribution in [2.45, 2.75) is 31.7 Å². The average molecular weight is 396 g/mol. The summed E-state index contributed by atoms with van der Waals surface area (Å²) < 4.78 is 0. The number of anilines is 4. The summed E-state index contributed by atoms with van der Waals surface area (Å²) in [6, 6.07) is 8.48. The molecule has 1 aromatic carbocycles. The summed E-state index contributed by atoms with van der Waals surface area (Å²) in [5.74, 6) is -0.243. The number of rotatable bonds is 6. The van der Waals surface area contributed by atoms with E-state index in [0.717, 1.165) is 57.5 Å². The Bertz CT molecular complexity index is 843. The van der Waals surface area contributed by atoms with Crippen LogP contribution < -0.4 is 15.5 Å². The SMILES string of the molecule is CN1CCN(c2ccc(Nc3ncc(C(=O)O)c(NC4CCCC4)n3)cc2)CC1. The Morgan fingerprint density at radius 3 is 2.45 bits per heavy atom. The van der Waals surface area contributed by atoms with Crippen LogP contribution in [0, 0.1) is 0 Å². The van der Waals surface area contributed by atoms with Crippen LogP contribution in [0.25, 0.3) is 0 Å². The third-order valence-electron chi connectivity index (χ3n) is 5.71. The second kappa shape index (κ2) is 8.65. The van der Waals surface area contributed by atoms with Gasteiger partial charge in [0.15, 0.2) is 0 Å². The molecule has 1 aliphatic carbocycles. The van der Waals surface area contributed by atoms with Crippen LogP contribution in [0.2, 0.25) is 0 Å². The third-order valence-corrected chi connectivity index (χ3v) is 5.71. The zero-order valence-electron chi connectivity index (χ0n) is 16.8. The van der Waals surface area contributed by atoms with Gasteiger partial charge in [-0.05, 0) is 44.2 Å². The van der Waals surface area contributed by atoms with Gasteiger partial charge in [-0.2, -0.15) is 4.98 Å². The number of piperazine rings is 1. The molecule has 8 nitrogen and oxygen atoms in total. The summed E-state index contributed by atoms with van der Waals surface area (Å²) in [4.78, 5) is 24.9. The van der Waals surface area contributed by atoms with Gasteiger partial charge in [0.2, 0.25) is 5.95 Å². The molecule has 1 saturated heterocycles. The number of aromatic nitrogens is 2. The van der Waals surface area contributed by atoms with Crippen LogP contribution >= 0.6 is 0 Å². The van der Waals surface area contributed by atoms with E-state index in [1.165, 1.54) is 11.9 Å². The molecule has 2 aromatic rings. The number of carboxylic acid groups (broad SMARTS) is 1. The molecule has 0 atom stereocenters. The Hall–Kier alpha value is -2.87. The minimum Gasteiger partial charge on any atom is -0.477 e. The van der Waals surface area contributed by atoms with Crippen molar-refractivity contribution < 1.29 is 9.90 Å². The van der Waals surface area contributed by atoms with Crippen LogP contribution in [0.1, 0.15) is 36.0 Å². The van der Waals surface area contributed by atoms with Crippen molar-refractivity contribution >= 4 is 29.1 Å². The second-order valence-corrected chi connectivity index (χ2v) is 7.85. The highest BCUT2D eigenvalue weighted by Crippen LogP contribution is 2.25. The van der Waals surface area contributed by atoms with E-state index in [1.54, 1.807) is 0 Å². The molecule has 2 fully saturated rings. The number of aromatic carboxylic acids is 1. The number of benzene rings is 1. The number of carboxylic acids is 1. The summed E-state index contributed by atoms with van der Waals surface area (Å²) >= 11 is 0. The smallest absolute Gasteiger partial charge is 0.341 e. The summed E-state index contributed by atoms with van der Waals surface area (Å²) in [6.45, 7) is 4.19. The topological polar surface area (TPSA) is 93.6 Å². The molecule has 1 saturated carbocycles. The number of carbonyl (C=O) groups is 1. The van der Waals surface area contributed by atoms with Crippen LogP contribution in [0.15, 0.2) is 30.5 Å². The molecular weight excluding hydrogens is 368 g/mol. The number of nitrogens with one attached hydrogen (secondary N) is 2. The zero-order valence-corrected chi connectivity index (χ0v) is 16.8. The fourth-order valence-electron chi connectivity index (χ4n) is 3.92. The van der Waals surface area contributed by atoms with Gasteiger partial charge in [0.1, 0.15) is 11.4 Å². The van der Waals surface area contributed by atoms with Gasteiger partial charge in [-0.3, -0.25) is 0 Å². The lowest BCUT2D eigenvalue weighted by Crippen LogP contribution is -2.44. The molecular formula is C21H28N6O2. The summed E-state index contributed by atoms with van der Waals surface area (Å²) in [7, 11) is 2.15. The molecule has 0 amide bonds. The molecule has 0 spiro atoms. The molecule has 1 aliphatic heterocycles. The largest absolute Gasteiger partial charge is 0.477 e. The van der Waals surface area contributed by atoms with Gasteiger partial charge < -0.3 is 25.5 Å². The summed E-state index contributed by atoms with van der Waals surface area (Å²) in [6.07, 6.45) is 5.78. The van der Waals surface area contributed by atoms with E-state index in [1.807, 2.05) is 12.1 Å². The Morgan fingerprint density at radius 2 is 1.79 bits per heavy atom. The van der Waals surface area contributed by atoms with E-state index in [-0.39, 0.29) is 11.6 Å². The van der Waals surface area contributed by atoms with E-state index in [0.29, 0.717) is 11.8 Å². The fraction of sp³-hybridized carbons (Fsp3) is 0.476. The minimum atomic E-state index is -1.02. The fourth-order valence-corrected chi connectivity index (χ4v) is 3.92. The Labute approximate surface area is 171 Å². The first-order chi connectivity index (χ1) is 14.1. The molecule has 0 unspecified atom stereocenters. The van der Waals surface area contributed by atoms with Gasteiger partial charge in [-0.15, -0.1) is 0 Å². The zero-order chi connectivity index (χ0) is 20.2. The molecule has 2 aliphatic rings. The third kappa shape index (κ3) is 4.76. The molecule has 2 heterocycles. The van der Waals surface area contributed by atoms with Crippen molar-refractivity contribution in [3.63, 3.8) is 0 Å². The van der Waals surface area contributed by atoms with Crippen molar-refractivity contribution in [2.24, 2.45) is 0 Å². The highest BCUT2D eigenvalue weighted by Gasteiger charge is 2.20. The molecule has 29 heavy (non-hydrogen) atoms. The number of hydrogen-bond acceptors (Lipinski definition) is 7. The first-order valence-corrected chi connectivity index (χ1v) is 10.3. The van der Waals surface area contributed by atoms with Crippen molar-refractivity contribution in [2.75, 3.05) is 48.8 Å². The normalized spacial score (nSPS) is 18.0. The molecule has 0 radical (unpaired) electrons. The predicted octanol–water partition coefficient (Wildman–Crippen LogP) is 3.02. The Kier molecular flexibility index (Phi) is 5.80. The van der Waals surface area contributed by atoms with Gasteiger partial charge in [-0.25, -0.2) is 9.78 Å². The Morgan fingerprint density at radius 1 is 1.10 bits per heavy atom.